The van der Waals surface area contributed by atoms with Crippen LogP contribution in [0.25, 0.3) is 0 Å². The zero-order valence-corrected chi connectivity index (χ0v) is 13.0. The molecule has 1 fully saturated rings. The zero-order valence-electron chi connectivity index (χ0n) is 12.2. The number of nitrogens with two attached hydrogens (primary N) is 1. The van der Waals surface area contributed by atoms with E-state index in [2.05, 4.69) is 0 Å². The number of ether oxygens (including phenoxy) is 1. The Morgan fingerprint density at radius 3 is 2.50 bits per heavy atom. The van der Waals surface area contributed by atoms with Crippen molar-refractivity contribution in [3.05, 3.63) is 59.1 Å². The van der Waals surface area contributed by atoms with Gasteiger partial charge in [0.05, 0.1) is 12.6 Å². The van der Waals surface area contributed by atoms with Crippen molar-refractivity contribution in [1.29, 1.82) is 0 Å². The number of nitrogens with zero attached hydrogens (tertiary/aromatic N) is 1. The lowest BCUT2D eigenvalue weighted by Crippen LogP contribution is -2.63. The molecule has 2 aromatic rings. The standard InChI is InChI=1S/C17H17ClN2O2/c1-2-22-12-9-7-11(8-10-12)20-16(15(19)17(20)21)13-5-3-4-6-14(13)18/h3-10,15-16H,2,19H2,1H3/t15-,16+/m1/s1. The number of anilines is 1. The molecule has 0 bridgehead atoms. The molecular weight excluding hydrogens is 300 g/mol. The van der Waals surface area contributed by atoms with E-state index in [9.17, 15) is 4.79 Å². The fraction of sp³-hybridized carbons (Fsp3) is 0.235. The molecule has 1 heterocycles. The first-order valence-corrected chi connectivity index (χ1v) is 7.57. The number of hydrogen-bond acceptors (Lipinski definition) is 3. The molecule has 1 aliphatic heterocycles. The van der Waals surface area contributed by atoms with Crippen molar-refractivity contribution in [3.63, 3.8) is 0 Å². The third-order valence-corrected chi connectivity index (χ3v) is 4.13. The zero-order chi connectivity index (χ0) is 15.7. The quantitative estimate of drug-likeness (QED) is 0.882. The van der Waals surface area contributed by atoms with Gasteiger partial charge in [-0.1, -0.05) is 29.8 Å². The van der Waals surface area contributed by atoms with Gasteiger partial charge in [-0.05, 0) is 42.8 Å². The highest BCUT2D eigenvalue weighted by Crippen LogP contribution is 2.40. The Hall–Kier alpha value is -2.04. The van der Waals surface area contributed by atoms with Crippen LogP contribution in [0.15, 0.2) is 48.5 Å². The topological polar surface area (TPSA) is 55.6 Å². The fourth-order valence-electron chi connectivity index (χ4n) is 2.72. The van der Waals surface area contributed by atoms with E-state index >= 15 is 0 Å². The summed E-state index contributed by atoms with van der Waals surface area (Å²) in [4.78, 5) is 13.9. The first-order chi connectivity index (χ1) is 10.6. The molecule has 114 valence electrons. The number of amides is 1. The molecule has 5 heteroatoms. The van der Waals surface area contributed by atoms with E-state index in [1.165, 1.54) is 0 Å². The van der Waals surface area contributed by atoms with Gasteiger partial charge in [-0.3, -0.25) is 4.79 Å². The van der Waals surface area contributed by atoms with Gasteiger partial charge in [0.2, 0.25) is 5.91 Å². The van der Waals surface area contributed by atoms with Gasteiger partial charge < -0.3 is 15.4 Å². The number of carbonyl (C=O) groups excluding carboxylic acids is 1. The van der Waals surface area contributed by atoms with Gasteiger partial charge in [0.25, 0.3) is 0 Å². The van der Waals surface area contributed by atoms with Crippen LogP contribution in [0, 0.1) is 0 Å². The second kappa shape index (κ2) is 5.99. The molecule has 0 radical (unpaired) electrons. The summed E-state index contributed by atoms with van der Waals surface area (Å²) in [5, 5.41) is 0.617. The number of carbonyl (C=O) groups is 1. The van der Waals surface area contributed by atoms with Gasteiger partial charge in [-0.2, -0.15) is 0 Å². The summed E-state index contributed by atoms with van der Waals surface area (Å²) in [6.45, 7) is 2.54. The van der Waals surface area contributed by atoms with Crippen molar-refractivity contribution in [2.45, 2.75) is 19.0 Å². The lowest BCUT2D eigenvalue weighted by atomic mass is 9.88. The summed E-state index contributed by atoms with van der Waals surface area (Å²) >= 11 is 6.25. The molecule has 0 unspecified atom stereocenters. The fourth-order valence-corrected chi connectivity index (χ4v) is 2.96. The van der Waals surface area contributed by atoms with E-state index in [4.69, 9.17) is 22.1 Å². The number of halogens is 1. The number of β-lactam (4-membered cyclic amide) rings is 1. The smallest absolute Gasteiger partial charge is 0.247 e. The van der Waals surface area contributed by atoms with Crippen LogP contribution in [-0.4, -0.2) is 18.6 Å². The summed E-state index contributed by atoms with van der Waals surface area (Å²) in [6.07, 6.45) is 0. The van der Waals surface area contributed by atoms with E-state index in [1.54, 1.807) is 4.90 Å². The Balaban J connectivity index is 1.91. The maximum atomic E-state index is 12.2. The van der Waals surface area contributed by atoms with Crippen molar-refractivity contribution in [1.82, 2.24) is 0 Å². The Morgan fingerprint density at radius 1 is 1.18 bits per heavy atom. The Morgan fingerprint density at radius 2 is 1.86 bits per heavy atom. The number of rotatable bonds is 4. The van der Waals surface area contributed by atoms with Gasteiger partial charge >= 0.3 is 0 Å². The second-order valence-electron chi connectivity index (χ2n) is 5.13. The minimum absolute atomic E-state index is 0.103. The molecule has 3 rings (SSSR count). The molecule has 0 saturated carbocycles. The summed E-state index contributed by atoms with van der Waals surface area (Å²) in [7, 11) is 0. The third-order valence-electron chi connectivity index (χ3n) is 3.79. The van der Waals surface area contributed by atoms with Gasteiger partial charge in [-0.25, -0.2) is 0 Å². The van der Waals surface area contributed by atoms with E-state index in [1.807, 2.05) is 55.5 Å². The first kappa shape index (κ1) is 14.9. The monoisotopic (exact) mass is 316 g/mol. The maximum Gasteiger partial charge on any atom is 0.247 e. The lowest BCUT2D eigenvalue weighted by molar-refractivity contribution is -0.126. The highest BCUT2D eigenvalue weighted by molar-refractivity contribution is 6.31. The van der Waals surface area contributed by atoms with Crippen LogP contribution in [0.5, 0.6) is 5.75 Å². The van der Waals surface area contributed by atoms with Gasteiger partial charge in [0.15, 0.2) is 0 Å². The molecular formula is C17H17ClN2O2. The molecule has 0 aromatic heterocycles. The van der Waals surface area contributed by atoms with Crippen LogP contribution in [0.3, 0.4) is 0 Å². The predicted octanol–water partition coefficient (Wildman–Crippen LogP) is 3.15. The Bertz CT molecular complexity index is 687. The summed E-state index contributed by atoms with van der Waals surface area (Å²) in [5.41, 5.74) is 7.66. The molecule has 2 N–H and O–H groups in total. The minimum Gasteiger partial charge on any atom is -0.494 e. The van der Waals surface area contributed by atoms with Crippen LogP contribution < -0.4 is 15.4 Å². The van der Waals surface area contributed by atoms with Crippen LogP contribution in [0.2, 0.25) is 5.02 Å². The molecule has 22 heavy (non-hydrogen) atoms. The van der Waals surface area contributed by atoms with Crippen LogP contribution in [0.4, 0.5) is 5.69 Å². The molecule has 4 nitrogen and oxygen atoms in total. The highest BCUT2D eigenvalue weighted by atomic mass is 35.5. The number of hydrogen-bond donors (Lipinski definition) is 1. The third kappa shape index (κ3) is 2.45. The summed E-state index contributed by atoms with van der Waals surface area (Å²) < 4.78 is 5.42. The van der Waals surface area contributed by atoms with Crippen molar-refractivity contribution in [2.75, 3.05) is 11.5 Å². The molecule has 2 atom stereocenters. The highest BCUT2D eigenvalue weighted by Gasteiger charge is 2.47. The van der Waals surface area contributed by atoms with Gasteiger partial charge in [0, 0.05) is 10.7 Å². The molecule has 0 spiro atoms. The SMILES string of the molecule is CCOc1ccc(N2C(=O)[C@H](N)[C@@H]2c2ccccc2Cl)cc1. The van der Waals surface area contributed by atoms with Gasteiger partial charge in [0.1, 0.15) is 11.8 Å². The average molecular weight is 317 g/mol. The van der Waals surface area contributed by atoms with Crippen LogP contribution >= 0.6 is 11.6 Å². The average Bonchev–Trinajstić information content (AvgIpc) is 2.54. The van der Waals surface area contributed by atoms with Crippen molar-refractivity contribution < 1.29 is 9.53 Å². The first-order valence-electron chi connectivity index (χ1n) is 7.19. The molecule has 2 aromatic carbocycles. The second-order valence-corrected chi connectivity index (χ2v) is 5.53. The van der Waals surface area contributed by atoms with Crippen molar-refractivity contribution >= 4 is 23.2 Å². The van der Waals surface area contributed by atoms with Gasteiger partial charge in [-0.15, -0.1) is 0 Å². The number of benzene rings is 2. The predicted molar refractivity (Wildman–Crippen MR) is 87.3 cm³/mol. The summed E-state index contributed by atoms with van der Waals surface area (Å²) in [5.74, 6) is 0.673. The molecule has 1 aliphatic rings. The van der Waals surface area contributed by atoms with Crippen LogP contribution in [0.1, 0.15) is 18.5 Å². The van der Waals surface area contributed by atoms with Crippen molar-refractivity contribution in [3.8, 4) is 5.75 Å². The molecule has 1 amide bonds. The molecule has 0 aliphatic carbocycles. The Labute approximate surface area is 134 Å². The lowest BCUT2D eigenvalue weighted by Gasteiger charge is -2.45. The van der Waals surface area contributed by atoms with E-state index < -0.39 is 6.04 Å². The van der Waals surface area contributed by atoms with Crippen molar-refractivity contribution in [2.24, 2.45) is 5.73 Å². The van der Waals surface area contributed by atoms with Crippen LogP contribution in [-0.2, 0) is 4.79 Å². The normalized spacial score (nSPS) is 20.7. The van der Waals surface area contributed by atoms with E-state index in [-0.39, 0.29) is 11.9 Å². The molecule has 1 saturated heterocycles. The minimum atomic E-state index is -0.563. The largest absolute Gasteiger partial charge is 0.494 e. The van der Waals surface area contributed by atoms with E-state index in [0.29, 0.717) is 11.6 Å². The summed E-state index contributed by atoms with van der Waals surface area (Å²) in [6, 6.07) is 14.1. The maximum absolute atomic E-state index is 12.2. The van der Waals surface area contributed by atoms with E-state index in [0.717, 1.165) is 17.0 Å². The Kier molecular flexibility index (Phi) is 4.05.